The normalized spacial score (nSPS) is 14.2. The molecule has 7 heteroatoms. The number of hydrogen-bond donors (Lipinski definition) is 1. The zero-order chi connectivity index (χ0) is 19.8. The molecule has 0 atom stereocenters. The number of carbonyl (C=O) groups is 2. The molecule has 1 N–H and O–H groups in total. The van der Waals surface area contributed by atoms with E-state index in [4.69, 9.17) is 11.6 Å². The van der Waals surface area contributed by atoms with E-state index >= 15 is 0 Å². The van der Waals surface area contributed by atoms with Gasteiger partial charge in [-0.25, -0.2) is 9.29 Å². The fourth-order valence-corrected chi connectivity index (χ4v) is 4.04. The molecule has 0 radical (unpaired) electrons. The van der Waals surface area contributed by atoms with E-state index < -0.39 is 17.6 Å². The second-order valence-corrected chi connectivity index (χ2v) is 7.59. The molecule has 1 aliphatic heterocycles. The molecule has 0 spiro atoms. The van der Waals surface area contributed by atoms with Crippen LogP contribution in [0.5, 0.6) is 0 Å². The number of nitrogens with one attached hydrogen (secondary N) is 1. The average Bonchev–Trinajstić information content (AvgIpc) is 3.26. The SMILES string of the molecule is Cc1cc(Cl)ccc1NC1=C(c2cccs2)C(=O)N(c2ccccc2F)C1=O. The molecule has 0 fully saturated rings. The smallest absolute Gasteiger partial charge is 0.282 e. The largest absolute Gasteiger partial charge is 0.350 e. The van der Waals surface area contributed by atoms with E-state index in [0.29, 0.717) is 15.6 Å². The summed E-state index contributed by atoms with van der Waals surface area (Å²) >= 11 is 7.34. The molecule has 2 amide bonds. The number of carbonyl (C=O) groups excluding carboxylic acids is 2. The third-order valence-electron chi connectivity index (χ3n) is 4.39. The first-order valence-corrected chi connectivity index (χ1v) is 9.68. The molecule has 140 valence electrons. The molecule has 0 bridgehead atoms. The number of aryl methyl sites for hydroxylation is 1. The maximum Gasteiger partial charge on any atom is 0.282 e. The quantitative estimate of drug-likeness (QED) is 0.596. The molecule has 0 saturated carbocycles. The molecule has 3 aromatic rings. The van der Waals surface area contributed by atoms with Crippen molar-refractivity contribution in [3.63, 3.8) is 0 Å². The minimum Gasteiger partial charge on any atom is -0.350 e. The first-order valence-electron chi connectivity index (χ1n) is 8.42. The summed E-state index contributed by atoms with van der Waals surface area (Å²) in [4.78, 5) is 27.8. The highest BCUT2D eigenvalue weighted by Crippen LogP contribution is 2.36. The number of para-hydroxylation sites is 1. The van der Waals surface area contributed by atoms with E-state index in [1.165, 1.54) is 29.5 Å². The molecule has 1 aromatic heterocycles. The second kappa shape index (κ2) is 7.22. The van der Waals surface area contributed by atoms with Crippen molar-refractivity contribution >= 4 is 51.7 Å². The molecule has 0 unspecified atom stereocenters. The summed E-state index contributed by atoms with van der Waals surface area (Å²) in [7, 11) is 0. The summed E-state index contributed by atoms with van der Waals surface area (Å²) in [6.07, 6.45) is 0. The van der Waals surface area contributed by atoms with Gasteiger partial charge in [0.15, 0.2) is 0 Å². The fraction of sp³-hybridized carbons (Fsp3) is 0.0476. The molecule has 4 nitrogen and oxygen atoms in total. The Morgan fingerprint density at radius 3 is 2.50 bits per heavy atom. The fourth-order valence-electron chi connectivity index (χ4n) is 3.05. The van der Waals surface area contributed by atoms with Crippen molar-refractivity contribution in [2.45, 2.75) is 6.92 Å². The molecular formula is C21H14ClFN2O2S. The predicted octanol–water partition coefficient (Wildman–Crippen LogP) is 5.25. The van der Waals surface area contributed by atoms with Crippen molar-refractivity contribution in [2.75, 3.05) is 10.2 Å². The van der Waals surface area contributed by atoms with E-state index in [1.807, 2.05) is 12.3 Å². The van der Waals surface area contributed by atoms with Gasteiger partial charge in [0.1, 0.15) is 11.5 Å². The Kier molecular flexibility index (Phi) is 4.75. The predicted molar refractivity (Wildman–Crippen MR) is 110 cm³/mol. The van der Waals surface area contributed by atoms with Crippen LogP contribution in [0, 0.1) is 12.7 Å². The summed E-state index contributed by atoms with van der Waals surface area (Å²) in [6, 6.07) is 14.5. The minimum absolute atomic E-state index is 0.0730. The Hall–Kier alpha value is -2.96. The molecule has 28 heavy (non-hydrogen) atoms. The van der Waals surface area contributed by atoms with Crippen molar-refractivity contribution in [3.05, 3.63) is 87.0 Å². The van der Waals surface area contributed by atoms with Crippen molar-refractivity contribution < 1.29 is 14.0 Å². The molecule has 2 aromatic carbocycles. The van der Waals surface area contributed by atoms with Crippen LogP contribution < -0.4 is 10.2 Å². The zero-order valence-electron chi connectivity index (χ0n) is 14.7. The molecule has 4 rings (SSSR count). The Morgan fingerprint density at radius 1 is 1.04 bits per heavy atom. The van der Waals surface area contributed by atoms with Crippen LogP contribution >= 0.6 is 22.9 Å². The zero-order valence-corrected chi connectivity index (χ0v) is 16.3. The van der Waals surface area contributed by atoms with Crippen LogP contribution in [0.3, 0.4) is 0 Å². The van der Waals surface area contributed by atoms with E-state index in [2.05, 4.69) is 5.32 Å². The van der Waals surface area contributed by atoms with Gasteiger partial charge in [-0.05, 0) is 54.3 Å². The van der Waals surface area contributed by atoms with Gasteiger partial charge in [0.2, 0.25) is 0 Å². The number of amides is 2. The number of imide groups is 1. The summed E-state index contributed by atoms with van der Waals surface area (Å²) < 4.78 is 14.3. The summed E-state index contributed by atoms with van der Waals surface area (Å²) in [6.45, 7) is 1.84. The topological polar surface area (TPSA) is 49.4 Å². The van der Waals surface area contributed by atoms with Crippen LogP contribution in [0.1, 0.15) is 10.4 Å². The Morgan fingerprint density at radius 2 is 1.82 bits per heavy atom. The van der Waals surface area contributed by atoms with Gasteiger partial charge in [-0.3, -0.25) is 9.59 Å². The third kappa shape index (κ3) is 3.10. The van der Waals surface area contributed by atoms with Crippen LogP contribution in [0.25, 0.3) is 5.57 Å². The summed E-state index contributed by atoms with van der Waals surface area (Å²) in [5, 5.41) is 5.45. The number of hydrogen-bond acceptors (Lipinski definition) is 4. The van der Waals surface area contributed by atoms with E-state index in [0.717, 1.165) is 10.5 Å². The maximum atomic E-state index is 14.3. The van der Waals surface area contributed by atoms with E-state index in [1.54, 1.807) is 36.4 Å². The highest BCUT2D eigenvalue weighted by Gasteiger charge is 2.41. The lowest BCUT2D eigenvalue weighted by molar-refractivity contribution is -0.120. The van der Waals surface area contributed by atoms with Gasteiger partial charge in [0, 0.05) is 15.6 Å². The van der Waals surface area contributed by atoms with Gasteiger partial charge in [-0.1, -0.05) is 29.8 Å². The molecule has 2 heterocycles. The Bertz CT molecular complexity index is 1130. The second-order valence-electron chi connectivity index (χ2n) is 6.21. The van der Waals surface area contributed by atoms with Crippen LogP contribution in [0.4, 0.5) is 15.8 Å². The number of nitrogens with zero attached hydrogens (tertiary/aromatic N) is 1. The average molecular weight is 413 g/mol. The van der Waals surface area contributed by atoms with Crippen molar-refractivity contribution in [1.82, 2.24) is 0 Å². The van der Waals surface area contributed by atoms with Crippen LogP contribution in [0.2, 0.25) is 5.02 Å². The molecule has 0 saturated heterocycles. The first kappa shape index (κ1) is 18.4. The van der Waals surface area contributed by atoms with Crippen molar-refractivity contribution in [3.8, 4) is 0 Å². The van der Waals surface area contributed by atoms with Gasteiger partial charge in [-0.2, -0.15) is 0 Å². The van der Waals surface area contributed by atoms with Crippen LogP contribution in [-0.4, -0.2) is 11.8 Å². The number of halogens is 2. The monoisotopic (exact) mass is 412 g/mol. The van der Waals surface area contributed by atoms with Crippen LogP contribution in [-0.2, 0) is 9.59 Å². The highest BCUT2D eigenvalue weighted by molar-refractivity contribution is 7.11. The van der Waals surface area contributed by atoms with Crippen LogP contribution in [0.15, 0.2) is 65.7 Å². The first-order chi connectivity index (χ1) is 13.5. The molecular weight excluding hydrogens is 399 g/mol. The van der Waals surface area contributed by atoms with E-state index in [9.17, 15) is 14.0 Å². The lowest BCUT2D eigenvalue weighted by Crippen LogP contribution is -2.33. The van der Waals surface area contributed by atoms with E-state index in [-0.39, 0.29) is 17.0 Å². The van der Waals surface area contributed by atoms with Gasteiger partial charge in [-0.15, -0.1) is 11.3 Å². The lowest BCUT2D eigenvalue weighted by atomic mass is 10.1. The van der Waals surface area contributed by atoms with Crippen molar-refractivity contribution in [1.29, 1.82) is 0 Å². The number of rotatable bonds is 4. The highest BCUT2D eigenvalue weighted by atomic mass is 35.5. The maximum absolute atomic E-state index is 14.3. The summed E-state index contributed by atoms with van der Waals surface area (Å²) in [5.41, 5.74) is 1.72. The number of benzene rings is 2. The standard InChI is InChI=1S/C21H14ClFN2O2S/c1-12-11-13(22)8-9-15(12)24-19-18(17-7-4-10-28-17)20(26)25(21(19)27)16-6-3-2-5-14(16)23/h2-11,24H,1H3. The number of anilines is 2. The number of thiophene rings is 1. The Balaban J connectivity index is 1.83. The minimum atomic E-state index is -0.640. The summed E-state index contributed by atoms with van der Waals surface area (Å²) in [5.74, 6) is -1.81. The lowest BCUT2D eigenvalue weighted by Gasteiger charge is -2.16. The molecule has 0 aliphatic carbocycles. The Labute approximate surface area is 169 Å². The molecule has 1 aliphatic rings. The third-order valence-corrected chi connectivity index (χ3v) is 5.52. The van der Waals surface area contributed by atoms with Gasteiger partial charge >= 0.3 is 0 Å². The van der Waals surface area contributed by atoms with Crippen molar-refractivity contribution in [2.24, 2.45) is 0 Å². The van der Waals surface area contributed by atoms with Gasteiger partial charge in [0.25, 0.3) is 11.8 Å². The van der Waals surface area contributed by atoms with Gasteiger partial charge in [0.05, 0.1) is 11.3 Å². The van der Waals surface area contributed by atoms with Gasteiger partial charge < -0.3 is 5.32 Å².